The molecule has 0 aliphatic carbocycles. The van der Waals surface area contributed by atoms with Crippen LogP contribution in [0.1, 0.15) is 18.9 Å². The van der Waals surface area contributed by atoms with Crippen LogP contribution in [0.15, 0.2) is 24.3 Å². The lowest BCUT2D eigenvalue weighted by Gasteiger charge is -2.20. The first-order valence-electron chi connectivity index (χ1n) is 5.23. The van der Waals surface area contributed by atoms with Gasteiger partial charge in [-0.3, -0.25) is 4.90 Å². The summed E-state index contributed by atoms with van der Waals surface area (Å²) >= 11 is 0. The zero-order valence-corrected chi connectivity index (χ0v) is 9.01. The van der Waals surface area contributed by atoms with Crippen molar-refractivity contribution in [3.8, 4) is 6.07 Å². The molecule has 0 saturated carbocycles. The fourth-order valence-corrected chi connectivity index (χ4v) is 1.83. The van der Waals surface area contributed by atoms with Crippen molar-refractivity contribution in [3.05, 3.63) is 29.8 Å². The molecule has 0 radical (unpaired) electrons. The Hall–Kier alpha value is -2.02. The van der Waals surface area contributed by atoms with Gasteiger partial charge in [-0.2, -0.15) is 5.26 Å². The van der Waals surface area contributed by atoms with Crippen molar-refractivity contribution in [1.29, 1.82) is 5.26 Å². The van der Waals surface area contributed by atoms with Gasteiger partial charge in [0.2, 0.25) is 0 Å². The highest BCUT2D eigenvalue weighted by molar-refractivity contribution is 5.91. The molecule has 0 unspecified atom stereocenters. The smallest absolute Gasteiger partial charge is 0.414 e. The summed E-state index contributed by atoms with van der Waals surface area (Å²) in [5, 5.41) is 9.00. The second-order valence-electron chi connectivity index (χ2n) is 3.64. The second kappa shape index (κ2) is 4.23. The lowest BCUT2D eigenvalue weighted by atomic mass is 10.1. The molecule has 1 aliphatic rings. The number of anilines is 1. The number of rotatable bonds is 2. The third-order valence-electron chi connectivity index (χ3n) is 2.72. The molecule has 82 valence electrons. The first-order valence-corrected chi connectivity index (χ1v) is 5.23. The molecule has 4 nitrogen and oxygen atoms in total. The van der Waals surface area contributed by atoms with Gasteiger partial charge in [0, 0.05) is 0 Å². The third-order valence-corrected chi connectivity index (χ3v) is 2.72. The molecular weight excluding hydrogens is 204 g/mol. The maximum absolute atomic E-state index is 11.6. The van der Waals surface area contributed by atoms with Gasteiger partial charge in [-0.25, -0.2) is 4.79 Å². The first kappa shape index (κ1) is 10.5. The second-order valence-corrected chi connectivity index (χ2v) is 3.64. The van der Waals surface area contributed by atoms with Gasteiger partial charge in [0.05, 0.1) is 17.3 Å². The zero-order chi connectivity index (χ0) is 11.5. The van der Waals surface area contributed by atoms with E-state index in [1.807, 2.05) is 13.0 Å². The average Bonchev–Trinajstić information content (AvgIpc) is 2.70. The minimum Gasteiger partial charge on any atom is -0.447 e. The molecule has 16 heavy (non-hydrogen) atoms. The van der Waals surface area contributed by atoms with Crippen LogP contribution in [0.4, 0.5) is 10.5 Å². The average molecular weight is 216 g/mol. The number of carbonyl (C=O) groups is 1. The standard InChI is InChI=1S/C12H12N2O2/c1-2-10-8-16-12(15)14(10)11-6-4-3-5-9(11)7-13/h3-6,10H,2,8H2,1H3/t10-/m1/s1. The highest BCUT2D eigenvalue weighted by Gasteiger charge is 2.33. The predicted octanol–water partition coefficient (Wildman–Crippen LogP) is 2.29. The molecule has 1 fully saturated rings. The monoisotopic (exact) mass is 216 g/mol. The van der Waals surface area contributed by atoms with E-state index in [0.29, 0.717) is 17.9 Å². The van der Waals surface area contributed by atoms with Gasteiger partial charge in [0.15, 0.2) is 0 Å². The Morgan fingerprint density at radius 3 is 3.00 bits per heavy atom. The summed E-state index contributed by atoms with van der Waals surface area (Å²) in [7, 11) is 0. The summed E-state index contributed by atoms with van der Waals surface area (Å²) in [6.45, 7) is 2.39. The fourth-order valence-electron chi connectivity index (χ4n) is 1.83. The van der Waals surface area contributed by atoms with Crippen molar-refractivity contribution in [2.24, 2.45) is 0 Å². The number of benzene rings is 1. The molecule has 2 rings (SSSR count). The number of nitrogens with zero attached hydrogens (tertiary/aromatic N) is 2. The first-order chi connectivity index (χ1) is 7.77. The Labute approximate surface area is 94.0 Å². The lowest BCUT2D eigenvalue weighted by Crippen LogP contribution is -2.33. The molecule has 1 aromatic carbocycles. The largest absolute Gasteiger partial charge is 0.447 e. The summed E-state index contributed by atoms with van der Waals surface area (Å²) in [6, 6.07) is 9.19. The molecule has 1 aliphatic heterocycles. The van der Waals surface area contributed by atoms with Crippen molar-refractivity contribution in [3.63, 3.8) is 0 Å². The Bertz CT molecular complexity index is 451. The number of para-hydroxylation sites is 1. The molecule has 4 heteroatoms. The van der Waals surface area contributed by atoms with Crippen molar-refractivity contribution >= 4 is 11.8 Å². The summed E-state index contributed by atoms with van der Waals surface area (Å²) in [5.74, 6) is 0. The molecule has 0 N–H and O–H groups in total. The summed E-state index contributed by atoms with van der Waals surface area (Å²) in [6.07, 6.45) is 0.445. The Morgan fingerprint density at radius 2 is 2.31 bits per heavy atom. The Morgan fingerprint density at radius 1 is 1.56 bits per heavy atom. The molecule has 1 atom stereocenters. The van der Waals surface area contributed by atoms with Crippen LogP contribution >= 0.6 is 0 Å². The Balaban J connectivity index is 2.43. The van der Waals surface area contributed by atoms with E-state index in [0.717, 1.165) is 6.42 Å². The third kappa shape index (κ3) is 1.61. The van der Waals surface area contributed by atoms with E-state index in [4.69, 9.17) is 10.00 Å². The number of nitriles is 1. The normalized spacial score (nSPS) is 19.4. The lowest BCUT2D eigenvalue weighted by molar-refractivity contribution is 0.178. The molecule has 1 amide bonds. The van der Waals surface area contributed by atoms with Gasteiger partial charge < -0.3 is 4.74 Å². The minimum absolute atomic E-state index is 0.0296. The molecule has 0 spiro atoms. The van der Waals surface area contributed by atoms with Crippen LogP contribution in [-0.2, 0) is 4.74 Å². The predicted molar refractivity (Wildman–Crippen MR) is 59.1 cm³/mol. The topological polar surface area (TPSA) is 53.3 Å². The highest BCUT2D eigenvalue weighted by atomic mass is 16.6. The van der Waals surface area contributed by atoms with Gasteiger partial charge >= 0.3 is 6.09 Å². The number of cyclic esters (lactones) is 1. The van der Waals surface area contributed by atoms with E-state index in [-0.39, 0.29) is 12.1 Å². The van der Waals surface area contributed by atoms with E-state index in [2.05, 4.69) is 6.07 Å². The van der Waals surface area contributed by atoms with Gasteiger partial charge in [-0.05, 0) is 18.6 Å². The van der Waals surface area contributed by atoms with Crippen LogP contribution in [0.25, 0.3) is 0 Å². The number of ether oxygens (including phenoxy) is 1. The minimum atomic E-state index is -0.366. The molecule has 0 bridgehead atoms. The van der Waals surface area contributed by atoms with Gasteiger partial charge in [-0.15, -0.1) is 0 Å². The van der Waals surface area contributed by atoms with E-state index in [9.17, 15) is 4.79 Å². The molecule has 1 aromatic rings. The number of hydrogen-bond donors (Lipinski definition) is 0. The highest BCUT2D eigenvalue weighted by Crippen LogP contribution is 2.27. The summed E-state index contributed by atoms with van der Waals surface area (Å²) in [5.41, 5.74) is 1.14. The van der Waals surface area contributed by atoms with Crippen LogP contribution in [0, 0.1) is 11.3 Å². The van der Waals surface area contributed by atoms with Gasteiger partial charge in [0.1, 0.15) is 12.7 Å². The van der Waals surface area contributed by atoms with Crippen LogP contribution in [0.2, 0.25) is 0 Å². The molecular formula is C12H12N2O2. The number of hydrogen-bond acceptors (Lipinski definition) is 3. The summed E-state index contributed by atoms with van der Waals surface area (Å²) < 4.78 is 5.00. The maximum Gasteiger partial charge on any atom is 0.414 e. The Kier molecular flexibility index (Phi) is 2.78. The maximum atomic E-state index is 11.6. The molecule has 0 aromatic heterocycles. The van der Waals surface area contributed by atoms with Crippen LogP contribution in [0.3, 0.4) is 0 Å². The summed E-state index contributed by atoms with van der Waals surface area (Å²) in [4.78, 5) is 13.2. The number of amides is 1. The van der Waals surface area contributed by atoms with Gasteiger partial charge in [0.25, 0.3) is 0 Å². The van der Waals surface area contributed by atoms with E-state index < -0.39 is 0 Å². The fraction of sp³-hybridized carbons (Fsp3) is 0.333. The van der Waals surface area contributed by atoms with Crippen molar-refractivity contribution in [1.82, 2.24) is 0 Å². The van der Waals surface area contributed by atoms with E-state index >= 15 is 0 Å². The SMILES string of the molecule is CC[C@@H]1COC(=O)N1c1ccccc1C#N. The number of carbonyl (C=O) groups excluding carboxylic acids is 1. The zero-order valence-electron chi connectivity index (χ0n) is 9.01. The van der Waals surface area contributed by atoms with Crippen molar-refractivity contribution in [2.45, 2.75) is 19.4 Å². The van der Waals surface area contributed by atoms with Crippen LogP contribution in [-0.4, -0.2) is 18.7 Å². The van der Waals surface area contributed by atoms with E-state index in [1.54, 1.807) is 23.1 Å². The van der Waals surface area contributed by atoms with E-state index in [1.165, 1.54) is 0 Å². The van der Waals surface area contributed by atoms with Crippen LogP contribution in [0.5, 0.6) is 0 Å². The van der Waals surface area contributed by atoms with Crippen molar-refractivity contribution in [2.75, 3.05) is 11.5 Å². The quantitative estimate of drug-likeness (QED) is 0.762. The van der Waals surface area contributed by atoms with Crippen molar-refractivity contribution < 1.29 is 9.53 Å². The van der Waals surface area contributed by atoms with Crippen LogP contribution < -0.4 is 4.90 Å². The molecule has 1 saturated heterocycles. The van der Waals surface area contributed by atoms with Gasteiger partial charge in [-0.1, -0.05) is 19.1 Å². The molecule has 1 heterocycles.